The molecule has 0 N–H and O–H groups in total. The van der Waals surface area contributed by atoms with Crippen LogP contribution in [0.5, 0.6) is 0 Å². The van der Waals surface area contributed by atoms with Gasteiger partial charge in [0.1, 0.15) is 5.82 Å². The molecule has 0 unspecified atom stereocenters. The van der Waals surface area contributed by atoms with E-state index >= 15 is 0 Å². The fourth-order valence-corrected chi connectivity index (χ4v) is 2.40. The Kier molecular flexibility index (Phi) is 3.28. The molecule has 1 aliphatic heterocycles. The van der Waals surface area contributed by atoms with Crippen LogP contribution in [0.3, 0.4) is 0 Å². The minimum absolute atomic E-state index is 0.296. The highest BCUT2D eigenvalue weighted by atomic mass is 35.5. The summed E-state index contributed by atoms with van der Waals surface area (Å²) in [7, 11) is 1.92. The molecule has 0 spiro atoms. The summed E-state index contributed by atoms with van der Waals surface area (Å²) in [6.07, 6.45) is 3.50. The Morgan fingerprint density at radius 1 is 1.10 bits per heavy atom. The SMILES string of the molecule is CN1C=CN=C(c2ccccc2F)c2cc(Cl)ccc21. The predicted molar refractivity (Wildman–Crippen MR) is 81.0 cm³/mol. The Labute approximate surface area is 121 Å². The van der Waals surface area contributed by atoms with Crippen molar-refractivity contribution >= 4 is 23.0 Å². The molecule has 0 atom stereocenters. The average Bonchev–Trinajstić information content (AvgIpc) is 2.59. The molecule has 4 heteroatoms. The van der Waals surface area contributed by atoms with Crippen LogP contribution in [0.15, 0.2) is 59.9 Å². The van der Waals surface area contributed by atoms with Crippen LogP contribution in [-0.4, -0.2) is 12.8 Å². The summed E-state index contributed by atoms with van der Waals surface area (Å²) >= 11 is 6.08. The van der Waals surface area contributed by atoms with Gasteiger partial charge < -0.3 is 4.90 Å². The van der Waals surface area contributed by atoms with Crippen molar-refractivity contribution in [2.75, 3.05) is 11.9 Å². The van der Waals surface area contributed by atoms with Crippen molar-refractivity contribution in [2.24, 2.45) is 4.99 Å². The van der Waals surface area contributed by atoms with Gasteiger partial charge in [-0.2, -0.15) is 0 Å². The standard InChI is InChI=1S/C16H12ClFN2/c1-20-9-8-19-16(12-4-2-3-5-14(12)18)13-10-11(17)6-7-15(13)20/h2-10H,1H3. The predicted octanol–water partition coefficient (Wildman–Crippen LogP) is 4.24. The number of hydrogen-bond donors (Lipinski definition) is 0. The summed E-state index contributed by atoms with van der Waals surface area (Å²) in [5, 5.41) is 0.600. The molecule has 0 radical (unpaired) electrons. The van der Waals surface area contributed by atoms with Gasteiger partial charge in [0.05, 0.1) is 11.4 Å². The summed E-state index contributed by atoms with van der Waals surface area (Å²) in [6, 6.07) is 12.1. The van der Waals surface area contributed by atoms with Crippen molar-refractivity contribution in [3.63, 3.8) is 0 Å². The third-order valence-electron chi connectivity index (χ3n) is 3.22. The molecule has 0 saturated heterocycles. The second-order valence-corrected chi connectivity index (χ2v) is 4.96. The van der Waals surface area contributed by atoms with E-state index in [1.165, 1.54) is 6.07 Å². The lowest BCUT2D eigenvalue weighted by molar-refractivity contribution is 0.625. The molecule has 0 bridgehead atoms. The zero-order valence-electron chi connectivity index (χ0n) is 10.8. The van der Waals surface area contributed by atoms with E-state index in [0.29, 0.717) is 16.3 Å². The molecular weight excluding hydrogens is 275 g/mol. The molecule has 1 heterocycles. The Balaban J connectivity index is 2.25. The normalized spacial score (nSPS) is 13.8. The van der Waals surface area contributed by atoms with E-state index in [-0.39, 0.29) is 5.82 Å². The van der Waals surface area contributed by atoms with E-state index in [4.69, 9.17) is 11.6 Å². The molecule has 100 valence electrons. The average molecular weight is 287 g/mol. The third kappa shape index (κ3) is 2.21. The van der Waals surface area contributed by atoms with E-state index in [1.807, 2.05) is 36.3 Å². The van der Waals surface area contributed by atoms with Crippen LogP contribution >= 0.6 is 11.6 Å². The number of rotatable bonds is 1. The smallest absolute Gasteiger partial charge is 0.132 e. The van der Waals surface area contributed by atoms with E-state index in [1.54, 1.807) is 24.4 Å². The van der Waals surface area contributed by atoms with E-state index in [2.05, 4.69) is 4.99 Å². The van der Waals surface area contributed by atoms with Gasteiger partial charge in [-0.3, -0.25) is 4.99 Å². The van der Waals surface area contributed by atoms with Crippen LogP contribution in [0.2, 0.25) is 5.02 Å². The summed E-state index contributed by atoms with van der Waals surface area (Å²) in [5.41, 5.74) is 2.80. The second-order valence-electron chi connectivity index (χ2n) is 4.53. The maximum absolute atomic E-state index is 14.0. The van der Waals surface area contributed by atoms with Gasteiger partial charge in [-0.15, -0.1) is 0 Å². The first-order valence-corrected chi connectivity index (χ1v) is 6.57. The highest BCUT2D eigenvalue weighted by molar-refractivity contribution is 6.31. The first kappa shape index (κ1) is 12.9. The molecular formula is C16H12ClFN2. The molecule has 2 aromatic rings. The minimum Gasteiger partial charge on any atom is -0.349 e. The van der Waals surface area contributed by atoms with Gasteiger partial charge in [0.25, 0.3) is 0 Å². The molecule has 0 aliphatic carbocycles. The van der Waals surface area contributed by atoms with Gasteiger partial charge in [0.15, 0.2) is 0 Å². The Morgan fingerprint density at radius 2 is 1.90 bits per heavy atom. The zero-order chi connectivity index (χ0) is 14.1. The number of benzene rings is 2. The Morgan fingerprint density at radius 3 is 2.70 bits per heavy atom. The maximum Gasteiger partial charge on any atom is 0.132 e. The van der Waals surface area contributed by atoms with Crippen molar-refractivity contribution < 1.29 is 4.39 Å². The topological polar surface area (TPSA) is 15.6 Å². The number of anilines is 1. The first-order valence-electron chi connectivity index (χ1n) is 6.19. The fourth-order valence-electron chi connectivity index (χ4n) is 2.23. The second kappa shape index (κ2) is 5.10. The lowest BCUT2D eigenvalue weighted by Crippen LogP contribution is -2.13. The van der Waals surface area contributed by atoms with Crippen LogP contribution in [0, 0.1) is 5.82 Å². The first-order chi connectivity index (χ1) is 9.66. The van der Waals surface area contributed by atoms with Gasteiger partial charge in [0, 0.05) is 35.6 Å². The Hall–Kier alpha value is -2.13. The van der Waals surface area contributed by atoms with Gasteiger partial charge in [-0.05, 0) is 30.3 Å². The molecule has 0 saturated carbocycles. The van der Waals surface area contributed by atoms with Gasteiger partial charge >= 0.3 is 0 Å². The van der Waals surface area contributed by atoms with Crippen molar-refractivity contribution in [3.8, 4) is 0 Å². The molecule has 3 rings (SSSR count). The van der Waals surface area contributed by atoms with Gasteiger partial charge in [-0.1, -0.05) is 23.7 Å². The summed E-state index contributed by atoms with van der Waals surface area (Å²) in [5.74, 6) is -0.296. The number of nitrogens with zero attached hydrogens (tertiary/aromatic N) is 2. The molecule has 0 amide bonds. The molecule has 20 heavy (non-hydrogen) atoms. The monoisotopic (exact) mass is 286 g/mol. The van der Waals surface area contributed by atoms with Crippen LogP contribution in [0.1, 0.15) is 11.1 Å². The van der Waals surface area contributed by atoms with Crippen molar-refractivity contribution in [3.05, 3.63) is 76.8 Å². The van der Waals surface area contributed by atoms with Crippen LogP contribution in [0.25, 0.3) is 0 Å². The van der Waals surface area contributed by atoms with Crippen molar-refractivity contribution in [2.45, 2.75) is 0 Å². The van der Waals surface area contributed by atoms with E-state index in [9.17, 15) is 4.39 Å². The fraction of sp³-hybridized carbons (Fsp3) is 0.0625. The summed E-state index contributed by atoms with van der Waals surface area (Å²) in [6.45, 7) is 0. The highest BCUT2D eigenvalue weighted by Gasteiger charge is 2.18. The summed E-state index contributed by atoms with van der Waals surface area (Å²) < 4.78 is 14.0. The number of fused-ring (bicyclic) bond motifs is 1. The lowest BCUT2D eigenvalue weighted by atomic mass is 10.00. The highest BCUT2D eigenvalue weighted by Crippen LogP contribution is 2.29. The Bertz CT molecular complexity index is 722. The minimum atomic E-state index is -0.296. The molecule has 2 nitrogen and oxygen atoms in total. The van der Waals surface area contributed by atoms with E-state index in [0.717, 1.165) is 11.3 Å². The number of aliphatic imine (C=N–C) groups is 1. The quantitative estimate of drug-likeness (QED) is 0.766. The van der Waals surface area contributed by atoms with Gasteiger partial charge in [-0.25, -0.2) is 4.39 Å². The van der Waals surface area contributed by atoms with Crippen molar-refractivity contribution in [1.29, 1.82) is 0 Å². The summed E-state index contributed by atoms with van der Waals surface area (Å²) in [4.78, 5) is 6.32. The molecule has 2 aromatic carbocycles. The van der Waals surface area contributed by atoms with Crippen LogP contribution in [0.4, 0.5) is 10.1 Å². The lowest BCUT2D eigenvalue weighted by Gasteiger charge is -2.17. The van der Waals surface area contributed by atoms with Crippen LogP contribution in [-0.2, 0) is 0 Å². The zero-order valence-corrected chi connectivity index (χ0v) is 11.6. The third-order valence-corrected chi connectivity index (χ3v) is 3.45. The molecule has 0 aromatic heterocycles. The molecule has 1 aliphatic rings. The molecule has 0 fully saturated rings. The number of hydrogen-bond acceptors (Lipinski definition) is 2. The maximum atomic E-state index is 14.0. The van der Waals surface area contributed by atoms with E-state index < -0.39 is 0 Å². The number of halogens is 2. The van der Waals surface area contributed by atoms with Gasteiger partial charge in [0.2, 0.25) is 0 Å². The largest absolute Gasteiger partial charge is 0.349 e. The van der Waals surface area contributed by atoms with Crippen molar-refractivity contribution in [1.82, 2.24) is 0 Å². The van der Waals surface area contributed by atoms with Crippen LogP contribution < -0.4 is 4.90 Å².